The lowest BCUT2D eigenvalue weighted by atomic mass is 10.1. The Labute approximate surface area is 118 Å². The molecule has 0 bridgehead atoms. The molecule has 1 heterocycles. The molecule has 0 radical (unpaired) electrons. The Bertz CT molecular complexity index is 609. The van der Waals surface area contributed by atoms with Crippen LogP contribution >= 0.6 is 0 Å². The van der Waals surface area contributed by atoms with Crippen molar-refractivity contribution in [3.8, 4) is 0 Å². The molecule has 0 aliphatic carbocycles. The Morgan fingerprint density at radius 3 is 2.55 bits per heavy atom. The highest BCUT2D eigenvalue weighted by molar-refractivity contribution is 5.95. The number of hydrogen-bond donors (Lipinski definition) is 0. The van der Waals surface area contributed by atoms with E-state index in [0.717, 1.165) is 16.7 Å². The molecule has 20 heavy (non-hydrogen) atoms. The molecule has 3 heteroatoms. The highest BCUT2D eigenvalue weighted by Crippen LogP contribution is 2.25. The standard InChI is InChI=1S/C17H17NO2/c1-13-7-5-6-10-15(13)17(19)18-11-16(20-12-18)14-8-3-2-4-9-14/h2-10,16H,11-12H2,1H3. The van der Waals surface area contributed by atoms with Crippen molar-refractivity contribution in [3.05, 3.63) is 71.3 Å². The lowest BCUT2D eigenvalue weighted by molar-refractivity contribution is 0.0630. The van der Waals surface area contributed by atoms with Crippen LogP contribution in [-0.4, -0.2) is 24.1 Å². The molecule has 1 aliphatic rings. The molecule has 1 aliphatic heterocycles. The fourth-order valence-electron chi connectivity index (χ4n) is 2.48. The second-order valence-electron chi connectivity index (χ2n) is 5.04. The largest absolute Gasteiger partial charge is 0.351 e. The second kappa shape index (κ2) is 5.47. The number of benzene rings is 2. The molecule has 1 atom stereocenters. The fraction of sp³-hybridized carbons (Fsp3) is 0.235. The Hall–Kier alpha value is -2.13. The number of nitrogens with zero attached hydrogens (tertiary/aromatic N) is 1. The van der Waals surface area contributed by atoms with Gasteiger partial charge in [-0.25, -0.2) is 0 Å². The zero-order valence-corrected chi connectivity index (χ0v) is 11.5. The predicted molar refractivity (Wildman–Crippen MR) is 77.4 cm³/mol. The van der Waals surface area contributed by atoms with E-state index in [1.807, 2.05) is 61.5 Å². The summed E-state index contributed by atoms with van der Waals surface area (Å²) >= 11 is 0. The lowest BCUT2D eigenvalue weighted by Gasteiger charge is -2.15. The average molecular weight is 267 g/mol. The van der Waals surface area contributed by atoms with E-state index in [9.17, 15) is 4.79 Å². The maximum absolute atomic E-state index is 12.5. The Morgan fingerprint density at radius 2 is 1.80 bits per heavy atom. The Morgan fingerprint density at radius 1 is 1.10 bits per heavy atom. The molecule has 1 saturated heterocycles. The van der Waals surface area contributed by atoms with Crippen LogP contribution in [0.25, 0.3) is 0 Å². The third-order valence-corrected chi connectivity index (χ3v) is 3.65. The van der Waals surface area contributed by atoms with Crippen LogP contribution in [0, 0.1) is 6.92 Å². The van der Waals surface area contributed by atoms with Crippen molar-refractivity contribution in [1.29, 1.82) is 0 Å². The van der Waals surface area contributed by atoms with Crippen LogP contribution in [0.5, 0.6) is 0 Å². The van der Waals surface area contributed by atoms with Crippen LogP contribution in [0.2, 0.25) is 0 Å². The molecule has 3 rings (SSSR count). The summed E-state index contributed by atoms with van der Waals surface area (Å²) in [6.45, 7) is 2.92. The van der Waals surface area contributed by atoms with Crippen molar-refractivity contribution >= 4 is 5.91 Å². The van der Waals surface area contributed by atoms with Crippen LogP contribution in [0.4, 0.5) is 0 Å². The third-order valence-electron chi connectivity index (χ3n) is 3.65. The van der Waals surface area contributed by atoms with E-state index < -0.39 is 0 Å². The minimum absolute atomic E-state index is 0.0239. The van der Waals surface area contributed by atoms with Gasteiger partial charge in [0.05, 0.1) is 6.54 Å². The van der Waals surface area contributed by atoms with Crippen LogP contribution in [0.15, 0.2) is 54.6 Å². The van der Waals surface area contributed by atoms with Crippen LogP contribution in [0.1, 0.15) is 27.6 Å². The summed E-state index contributed by atoms with van der Waals surface area (Å²) < 4.78 is 5.74. The zero-order chi connectivity index (χ0) is 13.9. The smallest absolute Gasteiger partial charge is 0.256 e. The SMILES string of the molecule is Cc1ccccc1C(=O)N1COC(c2ccccc2)C1. The van der Waals surface area contributed by atoms with Crippen molar-refractivity contribution in [2.24, 2.45) is 0 Å². The summed E-state index contributed by atoms with van der Waals surface area (Å²) in [4.78, 5) is 14.3. The number of rotatable bonds is 2. The second-order valence-corrected chi connectivity index (χ2v) is 5.04. The number of aryl methyl sites for hydroxylation is 1. The molecule has 2 aromatic carbocycles. The van der Waals surface area contributed by atoms with Crippen molar-refractivity contribution < 1.29 is 9.53 Å². The zero-order valence-electron chi connectivity index (χ0n) is 11.5. The predicted octanol–water partition coefficient (Wildman–Crippen LogP) is 3.17. The summed E-state index contributed by atoms with van der Waals surface area (Å²) in [7, 11) is 0. The monoisotopic (exact) mass is 267 g/mol. The number of ether oxygens (including phenoxy) is 1. The molecule has 0 N–H and O–H groups in total. The van der Waals surface area contributed by atoms with Crippen molar-refractivity contribution in [1.82, 2.24) is 4.90 Å². The van der Waals surface area contributed by atoms with E-state index in [0.29, 0.717) is 13.3 Å². The molecule has 0 saturated carbocycles. The molecule has 1 fully saturated rings. The van der Waals surface area contributed by atoms with E-state index in [1.54, 1.807) is 4.90 Å². The third kappa shape index (κ3) is 2.45. The molecular weight excluding hydrogens is 250 g/mol. The van der Waals surface area contributed by atoms with Gasteiger partial charge in [0.1, 0.15) is 12.8 Å². The lowest BCUT2D eigenvalue weighted by Crippen LogP contribution is -2.29. The first-order chi connectivity index (χ1) is 9.75. The van der Waals surface area contributed by atoms with Crippen LogP contribution in [0.3, 0.4) is 0 Å². The average Bonchev–Trinajstić information content (AvgIpc) is 2.98. The van der Waals surface area contributed by atoms with E-state index in [-0.39, 0.29) is 12.0 Å². The Kier molecular flexibility index (Phi) is 3.52. The normalized spacial score (nSPS) is 18.2. The van der Waals surface area contributed by atoms with Gasteiger partial charge in [0.2, 0.25) is 0 Å². The first-order valence-corrected chi connectivity index (χ1v) is 6.77. The van der Waals surface area contributed by atoms with Crippen molar-refractivity contribution in [2.45, 2.75) is 13.0 Å². The van der Waals surface area contributed by atoms with E-state index >= 15 is 0 Å². The number of amides is 1. The molecule has 0 aromatic heterocycles. The highest BCUT2D eigenvalue weighted by atomic mass is 16.5. The quantitative estimate of drug-likeness (QED) is 0.836. The molecule has 1 amide bonds. The van der Waals surface area contributed by atoms with Crippen molar-refractivity contribution in [2.75, 3.05) is 13.3 Å². The molecule has 1 unspecified atom stereocenters. The van der Waals surface area contributed by atoms with Crippen LogP contribution < -0.4 is 0 Å². The van der Waals surface area contributed by atoms with Crippen LogP contribution in [-0.2, 0) is 4.74 Å². The van der Waals surface area contributed by atoms with Gasteiger partial charge in [-0.2, -0.15) is 0 Å². The van der Waals surface area contributed by atoms with E-state index in [2.05, 4.69) is 0 Å². The van der Waals surface area contributed by atoms with Gasteiger partial charge < -0.3 is 9.64 Å². The van der Waals surface area contributed by atoms with Gasteiger partial charge in [-0.3, -0.25) is 4.79 Å². The van der Waals surface area contributed by atoms with Gasteiger partial charge in [0.15, 0.2) is 0 Å². The van der Waals surface area contributed by atoms with Gasteiger partial charge in [-0.05, 0) is 24.1 Å². The molecule has 3 nitrogen and oxygen atoms in total. The van der Waals surface area contributed by atoms with Gasteiger partial charge in [-0.1, -0.05) is 48.5 Å². The Balaban J connectivity index is 1.75. The van der Waals surface area contributed by atoms with Gasteiger partial charge in [0, 0.05) is 5.56 Å². The van der Waals surface area contributed by atoms with E-state index in [1.165, 1.54) is 0 Å². The molecule has 2 aromatic rings. The summed E-state index contributed by atoms with van der Waals surface area (Å²) in [5, 5.41) is 0. The number of carbonyl (C=O) groups is 1. The highest BCUT2D eigenvalue weighted by Gasteiger charge is 2.28. The molecule has 102 valence electrons. The number of hydrogen-bond acceptors (Lipinski definition) is 2. The summed E-state index contributed by atoms with van der Waals surface area (Å²) in [6, 6.07) is 17.7. The first-order valence-electron chi connectivity index (χ1n) is 6.77. The summed E-state index contributed by atoms with van der Waals surface area (Å²) in [5.74, 6) is 0.0431. The van der Waals surface area contributed by atoms with Gasteiger partial charge >= 0.3 is 0 Å². The minimum Gasteiger partial charge on any atom is -0.351 e. The topological polar surface area (TPSA) is 29.5 Å². The fourth-order valence-corrected chi connectivity index (χ4v) is 2.48. The van der Waals surface area contributed by atoms with Crippen molar-refractivity contribution in [3.63, 3.8) is 0 Å². The minimum atomic E-state index is -0.0239. The maximum Gasteiger partial charge on any atom is 0.256 e. The first kappa shape index (κ1) is 12.9. The molecule has 0 spiro atoms. The van der Waals surface area contributed by atoms with Gasteiger partial charge in [-0.15, -0.1) is 0 Å². The molecular formula is C17H17NO2. The summed E-state index contributed by atoms with van der Waals surface area (Å²) in [6.07, 6.45) is -0.0239. The number of carbonyl (C=O) groups excluding carboxylic acids is 1. The maximum atomic E-state index is 12.5. The summed E-state index contributed by atoms with van der Waals surface area (Å²) in [5.41, 5.74) is 2.87. The van der Waals surface area contributed by atoms with E-state index in [4.69, 9.17) is 4.74 Å². The van der Waals surface area contributed by atoms with Gasteiger partial charge in [0.25, 0.3) is 5.91 Å².